The van der Waals surface area contributed by atoms with Crippen LogP contribution < -0.4 is 19.7 Å². The van der Waals surface area contributed by atoms with Crippen molar-refractivity contribution in [2.45, 2.75) is 6.42 Å². The first-order valence-electron chi connectivity index (χ1n) is 8.68. The summed E-state index contributed by atoms with van der Waals surface area (Å²) >= 11 is 0. The van der Waals surface area contributed by atoms with Crippen LogP contribution in [0.1, 0.15) is 12.0 Å². The first-order chi connectivity index (χ1) is 13.0. The molecule has 6 heteroatoms. The maximum absolute atomic E-state index is 13.7. The van der Waals surface area contributed by atoms with Crippen molar-refractivity contribution in [3.8, 4) is 11.5 Å². The van der Waals surface area contributed by atoms with Crippen LogP contribution in [0.4, 0.5) is 10.1 Å². The van der Waals surface area contributed by atoms with E-state index in [2.05, 4.69) is 5.32 Å². The number of nitrogens with zero attached hydrogens (tertiary/aromatic N) is 1. The molecule has 0 atom stereocenters. The van der Waals surface area contributed by atoms with Crippen LogP contribution in [0.5, 0.6) is 11.5 Å². The minimum atomic E-state index is -0.250. The molecule has 144 valence electrons. The molecule has 0 saturated carbocycles. The standard InChI is InChI=1S/C21H25FN2O3/c1-24(19-8-5-4-7-18(19)22)14-6-13-23-21(25)12-10-16-9-11-17(26-2)15-20(16)27-3/h4-5,7-12,15H,6,13-14H2,1-3H3,(H,23,25). The molecule has 2 aromatic carbocycles. The highest BCUT2D eigenvalue weighted by molar-refractivity contribution is 5.92. The molecule has 2 rings (SSSR count). The molecule has 1 amide bonds. The topological polar surface area (TPSA) is 50.8 Å². The molecule has 2 aromatic rings. The zero-order valence-electron chi connectivity index (χ0n) is 15.9. The van der Waals surface area contributed by atoms with Crippen molar-refractivity contribution in [3.63, 3.8) is 0 Å². The van der Waals surface area contributed by atoms with E-state index in [-0.39, 0.29) is 11.7 Å². The molecule has 0 spiro atoms. The van der Waals surface area contributed by atoms with Crippen LogP contribution in [0.3, 0.4) is 0 Å². The third-order valence-electron chi connectivity index (χ3n) is 4.09. The Morgan fingerprint density at radius 2 is 1.96 bits per heavy atom. The highest BCUT2D eigenvalue weighted by atomic mass is 19.1. The molecule has 0 radical (unpaired) electrons. The summed E-state index contributed by atoms with van der Waals surface area (Å²) in [6, 6.07) is 12.0. The van der Waals surface area contributed by atoms with E-state index in [9.17, 15) is 9.18 Å². The van der Waals surface area contributed by atoms with Gasteiger partial charge in [0.1, 0.15) is 17.3 Å². The van der Waals surface area contributed by atoms with Gasteiger partial charge in [0.25, 0.3) is 0 Å². The number of ether oxygens (including phenoxy) is 2. The fourth-order valence-corrected chi connectivity index (χ4v) is 2.59. The van der Waals surface area contributed by atoms with Crippen LogP contribution in [0.15, 0.2) is 48.5 Å². The van der Waals surface area contributed by atoms with Gasteiger partial charge < -0.3 is 19.7 Å². The number of hydrogen-bond acceptors (Lipinski definition) is 4. The summed E-state index contributed by atoms with van der Waals surface area (Å²) in [6.45, 7) is 1.14. The van der Waals surface area contributed by atoms with Crippen molar-refractivity contribution in [3.05, 3.63) is 59.9 Å². The predicted octanol–water partition coefficient (Wildman–Crippen LogP) is 3.50. The van der Waals surface area contributed by atoms with Gasteiger partial charge in [0.15, 0.2) is 0 Å². The number of rotatable bonds is 9. The lowest BCUT2D eigenvalue weighted by molar-refractivity contribution is -0.116. The minimum Gasteiger partial charge on any atom is -0.497 e. The molecule has 0 bridgehead atoms. The Morgan fingerprint density at radius 1 is 1.19 bits per heavy atom. The Morgan fingerprint density at radius 3 is 2.67 bits per heavy atom. The number of hydrogen-bond donors (Lipinski definition) is 1. The second kappa shape index (κ2) is 10.2. The molecular weight excluding hydrogens is 347 g/mol. The molecule has 27 heavy (non-hydrogen) atoms. The van der Waals surface area contributed by atoms with Crippen molar-refractivity contribution in [2.24, 2.45) is 0 Å². The fraction of sp³-hybridized carbons (Fsp3) is 0.286. The van der Waals surface area contributed by atoms with Crippen molar-refractivity contribution < 1.29 is 18.7 Å². The zero-order chi connectivity index (χ0) is 19.6. The van der Waals surface area contributed by atoms with Crippen LogP contribution in [-0.2, 0) is 4.79 Å². The van der Waals surface area contributed by atoms with E-state index in [1.54, 1.807) is 50.6 Å². The summed E-state index contributed by atoms with van der Waals surface area (Å²) in [5.41, 5.74) is 1.34. The van der Waals surface area contributed by atoms with Crippen LogP contribution in [0.2, 0.25) is 0 Å². The van der Waals surface area contributed by atoms with Gasteiger partial charge in [-0.15, -0.1) is 0 Å². The number of carbonyl (C=O) groups excluding carboxylic acids is 1. The SMILES string of the molecule is COc1ccc(C=CC(=O)NCCCN(C)c2ccccc2F)c(OC)c1. The summed E-state index contributed by atoms with van der Waals surface area (Å²) in [7, 11) is 4.98. The molecule has 0 fully saturated rings. The Hall–Kier alpha value is -3.02. The smallest absolute Gasteiger partial charge is 0.244 e. The summed E-state index contributed by atoms with van der Waals surface area (Å²) < 4.78 is 24.2. The van der Waals surface area contributed by atoms with Crippen LogP contribution in [0.25, 0.3) is 6.08 Å². The number of carbonyl (C=O) groups is 1. The normalized spacial score (nSPS) is 10.7. The molecule has 0 aliphatic heterocycles. The fourth-order valence-electron chi connectivity index (χ4n) is 2.59. The van der Waals surface area contributed by atoms with Crippen LogP contribution in [-0.4, -0.2) is 40.3 Å². The van der Waals surface area contributed by atoms with E-state index in [4.69, 9.17) is 9.47 Å². The predicted molar refractivity (Wildman–Crippen MR) is 106 cm³/mol. The van der Waals surface area contributed by atoms with Gasteiger partial charge in [-0.25, -0.2) is 4.39 Å². The third kappa shape index (κ3) is 6.02. The first kappa shape index (κ1) is 20.3. The minimum absolute atomic E-state index is 0.193. The Labute approximate surface area is 159 Å². The van der Waals surface area contributed by atoms with E-state index in [0.29, 0.717) is 36.7 Å². The molecular formula is C21H25FN2O3. The van der Waals surface area contributed by atoms with Gasteiger partial charge >= 0.3 is 0 Å². The molecule has 0 heterocycles. The Bertz CT molecular complexity index is 793. The molecule has 0 aromatic heterocycles. The van der Waals surface area contributed by atoms with E-state index in [1.807, 2.05) is 18.0 Å². The van der Waals surface area contributed by atoms with Crippen LogP contribution in [0, 0.1) is 5.82 Å². The number of para-hydroxylation sites is 1. The van der Waals surface area contributed by atoms with Gasteiger partial charge in [-0.2, -0.15) is 0 Å². The lowest BCUT2D eigenvalue weighted by Gasteiger charge is -2.19. The van der Waals surface area contributed by atoms with Crippen molar-refractivity contribution in [1.82, 2.24) is 5.32 Å². The number of methoxy groups -OCH3 is 2. The molecule has 0 aliphatic rings. The molecule has 1 N–H and O–H groups in total. The number of halogens is 1. The van der Waals surface area contributed by atoms with Gasteiger partial charge in [0, 0.05) is 37.8 Å². The van der Waals surface area contributed by atoms with Gasteiger partial charge in [-0.3, -0.25) is 4.79 Å². The van der Waals surface area contributed by atoms with Crippen molar-refractivity contribution in [1.29, 1.82) is 0 Å². The van der Waals surface area contributed by atoms with Gasteiger partial charge in [0.2, 0.25) is 5.91 Å². The maximum atomic E-state index is 13.7. The largest absolute Gasteiger partial charge is 0.497 e. The van der Waals surface area contributed by atoms with E-state index >= 15 is 0 Å². The van der Waals surface area contributed by atoms with E-state index < -0.39 is 0 Å². The summed E-state index contributed by atoms with van der Waals surface area (Å²) in [5, 5.41) is 2.82. The van der Waals surface area contributed by atoms with Gasteiger partial charge in [-0.05, 0) is 36.8 Å². The number of amides is 1. The number of nitrogens with one attached hydrogen (secondary N) is 1. The van der Waals surface area contributed by atoms with Gasteiger partial charge in [-0.1, -0.05) is 12.1 Å². The Kier molecular flexibility index (Phi) is 7.67. The van der Waals surface area contributed by atoms with Crippen molar-refractivity contribution >= 4 is 17.7 Å². The second-order valence-corrected chi connectivity index (χ2v) is 5.96. The monoisotopic (exact) mass is 372 g/mol. The molecule has 0 aliphatic carbocycles. The quantitative estimate of drug-likeness (QED) is 0.541. The first-order valence-corrected chi connectivity index (χ1v) is 8.68. The highest BCUT2D eigenvalue weighted by Crippen LogP contribution is 2.25. The molecule has 0 saturated heterocycles. The lowest BCUT2D eigenvalue weighted by Crippen LogP contribution is -2.27. The highest BCUT2D eigenvalue weighted by Gasteiger charge is 2.06. The second-order valence-electron chi connectivity index (χ2n) is 5.96. The number of anilines is 1. The lowest BCUT2D eigenvalue weighted by atomic mass is 10.1. The van der Waals surface area contributed by atoms with Crippen molar-refractivity contribution in [2.75, 3.05) is 39.3 Å². The third-order valence-corrected chi connectivity index (χ3v) is 4.09. The van der Waals surface area contributed by atoms with E-state index in [1.165, 1.54) is 12.1 Å². The summed E-state index contributed by atoms with van der Waals surface area (Å²) in [4.78, 5) is 13.8. The van der Waals surface area contributed by atoms with E-state index in [0.717, 1.165) is 5.56 Å². The number of benzene rings is 2. The maximum Gasteiger partial charge on any atom is 0.244 e. The molecule has 5 nitrogen and oxygen atoms in total. The van der Waals surface area contributed by atoms with Gasteiger partial charge in [0.05, 0.1) is 19.9 Å². The summed E-state index contributed by atoms with van der Waals surface area (Å²) in [5.74, 6) is 0.874. The average Bonchev–Trinajstić information content (AvgIpc) is 2.69. The van der Waals surface area contributed by atoms with Crippen LogP contribution >= 0.6 is 0 Å². The zero-order valence-corrected chi connectivity index (χ0v) is 15.9. The average molecular weight is 372 g/mol. The Balaban J connectivity index is 1.79. The molecule has 0 unspecified atom stereocenters. The summed E-state index contributed by atoms with van der Waals surface area (Å²) in [6.07, 6.45) is 3.86.